The molecule has 202 valence electrons. The quantitative estimate of drug-likeness (QED) is 0.0786. The van der Waals surface area contributed by atoms with E-state index in [4.69, 9.17) is 9.84 Å². The molecule has 0 aromatic rings. The van der Waals surface area contributed by atoms with Gasteiger partial charge in [-0.2, -0.15) is 0 Å². The molecule has 1 unspecified atom stereocenters. The van der Waals surface area contributed by atoms with E-state index in [1.54, 1.807) is 0 Å². The summed E-state index contributed by atoms with van der Waals surface area (Å²) in [7, 11) is 0. The van der Waals surface area contributed by atoms with Gasteiger partial charge in [0.2, 0.25) is 0 Å². The zero-order chi connectivity index (χ0) is 25.8. The lowest BCUT2D eigenvalue weighted by Crippen LogP contribution is -2.16. The molecule has 0 fully saturated rings. The Morgan fingerprint density at radius 3 is 1.91 bits per heavy atom. The highest BCUT2D eigenvalue weighted by molar-refractivity contribution is 5.69. The van der Waals surface area contributed by atoms with Gasteiger partial charge in [0.05, 0.1) is 0 Å². The Morgan fingerprint density at radius 2 is 1.26 bits per heavy atom. The minimum atomic E-state index is -0.729. The first-order chi connectivity index (χ1) is 17.1. The van der Waals surface area contributed by atoms with E-state index in [-0.39, 0.29) is 18.5 Å². The summed E-state index contributed by atoms with van der Waals surface area (Å²) in [6.07, 6.45) is 33.3. The molecule has 35 heavy (non-hydrogen) atoms. The topological polar surface area (TPSA) is 63.6 Å². The molecule has 1 N–H and O–H groups in total. The molecule has 1 atom stereocenters. The van der Waals surface area contributed by atoms with Gasteiger partial charge in [0.1, 0.15) is 6.10 Å². The molecule has 0 radical (unpaired) electrons. The van der Waals surface area contributed by atoms with Crippen LogP contribution in [0.25, 0.3) is 0 Å². The molecule has 0 amide bonds. The molecular formula is C31H54O4. The lowest BCUT2D eigenvalue weighted by atomic mass is 10.1. The highest BCUT2D eigenvalue weighted by Crippen LogP contribution is 2.14. The molecule has 0 heterocycles. The maximum atomic E-state index is 12.3. The van der Waals surface area contributed by atoms with Gasteiger partial charge >= 0.3 is 11.9 Å². The summed E-state index contributed by atoms with van der Waals surface area (Å²) >= 11 is 0. The van der Waals surface area contributed by atoms with Crippen LogP contribution in [-0.4, -0.2) is 23.1 Å². The molecule has 0 aliphatic heterocycles. The maximum absolute atomic E-state index is 12.3. The third-order valence-electron chi connectivity index (χ3n) is 6.05. The summed E-state index contributed by atoms with van der Waals surface area (Å²) in [5.41, 5.74) is 0. The van der Waals surface area contributed by atoms with Gasteiger partial charge < -0.3 is 9.84 Å². The van der Waals surface area contributed by atoms with Crippen molar-refractivity contribution in [3.8, 4) is 0 Å². The molecule has 0 aliphatic rings. The molecule has 0 saturated carbocycles. The summed E-state index contributed by atoms with van der Waals surface area (Å²) in [5.74, 6) is -0.819. The number of carboxylic acids is 1. The van der Waals surface area contributed by atoms with Gasteiger partial charge in [0, 0.05) is 12.8 Å². The summed E-state index contributed by atoms with van der Waals surface area (Å²) in [6.45, 7) is 4.38. The molecule has 4 nitrogen and oxygen atoms in total. The number of unbranched alkanes of at least 4 members (excludes halogenated alkanes) is 12. The van der Waals surface area contributed by atoms with Gasteiger partial charge in [-0.1, -0.05) is 95.6 Å². The van der Waals surface area contributed by atoms with Gasteiger partial charge in [-0.25, -0.2) is 0 Å². The molecule has 0 saturated heterocycles. The fourth-order valence-electron chi connectivity index (χ4n) is 3.89. The van der Waals surface area contributed by atoms with Crippen molar-refractivity contribution in [3.05, 3.63) is 36.5 Å². The number of ether oxygens (including phenoxy) is 1. The molecule has 0 spiro atoms. The predicted molar refractivity (Wildman–Crippen MR) is 149 cm³/mol. The number of rotatable bonds is 25. The highest BCUT2D eigenvalue weighted by Gasteiger charge is 2.11. The second-order valence-corrected chi connectivity index (χ2v) is 9.57. The molecule has 0 bridgehead atoms. The monoisotopic (exact) mass is 490 g/mol. The Morgan fingerprint density at radius 1 is 0.657 bits per heavy atom. The van der Waals surface area contributed by atoms with E-state index in [0.717, 1.165) is 70.6 Å². The van der Waals surface area contributed by atoms with Crippen molar-refractivity contribution in [2.24, 2.45) is 0 Å². The zero-order valence-corrected chi connectivity index (χ0v) is 22.9. The molecule has 0 aromatic carbocycles. The van der Waals surface area contributed by atoms with Crippen molar-refractivity contribution in [3.63, 3.8) is 0 Å². The van der Waals surface area contributed by atoms with Crippen LogP contribution < -0.4 is 0 Å². The van der Waals surface area contributed by atoms with Crippen LogP contribution in [-0.2, 0) is 14.3 Å². The summed E-state index contributed by atoms with van der Waals surface area (Å²) in [5, 5.41) is 8.71. The van der Waals surface area contributed by atoms with Crippen LogP contribution in [0.3, 0.4) is 0 Å². The van der Waals surface area contributed by atoms with Crippen LogP contribution >= 0.6 is 0 Å². The summed E-state index contributed by atoms with van der Waals surface area (Å²) in [4.78, 5) is 22.9. The van der Waals surface area contributed by atoms with E-state index >= 15 is 0 Å². The number of aliphatic carboxylic acids is 1. The Bertz CT molecular complexity index is 577. The Labute approximate surface area is 216 Å². The number of hydrogen-bond acceptors (Lipinski definition) is 3. The third kappa shape index (κ3) is 26.6. The number of carbonyl (C=O) groups is 2. The Hall–Kier alpha value is -1.84. The van der Waals surface area contributed by atoms with Crippen LogP contribution in [0.5, 0.6) is 0 Å². The van der Waals surface area contributed by atoms with E-state index in [1.807, 2.05) is 6.08 Å². The third-order valence-corrected chi connectivity index (χ3v) is 6.05. The number of carboxylic acid groups (broad SMARTS) is 1. The van der Waals surface area contributed by atoms with Crippen molar-refractivity contribution < 1.29 is 19.4 Å². The first-order valence-corrected chi connectivity index (χ1v) is 14.5. The number of hydrogen-bond donors (Lipinski definition) is 1. The van der Waals surface area contributed by atoms with Crippen LogP contribution in [0.1, 0.15) is 142 Å². The van der Waals surface area contributed by atoms with Gasteiger partial charge in [-0.3, -0.25) is 9.59 Å². The lowest BCUT2D eigenvalue weighted by Gasteiger charge is -2.14. The summed E-state index contributed by atoms with van der Waals surface area (Å²) in [6, 6.07) is 0. The van der Waals surface area contributed by atoms with Crippen LogP contribution in [0.4, 0.5) is 0 Å². The standard InChI is InChI=1S/C31H54O4/c1-3-5-7-8-9-10-11-12-13-14-15-16-17-18-24-28-31(34)35-29(25-21-6-4-2)26-22-19-20-23-27-30(32)33/h9-10,12-13,21,25,29H,3-8,11,14-20,22-24,26-28H2,1-2H3,(H,32,33)/b10-9-,13-12-,25-21-. The number of carbonyl (C=O) groups excluding carboxylic acids is 1. The molecule has 0 rings (SSSR count). The molecule has 0 aromatic heterocycles. The van der Waals surface area contributed by atoms with Crippen LogP contribution in [0, 0.1) is 0 Å². The van der Waals surface area contributed by atoms with Crippen molar-refractivity contribution in [2.45, 2.75) is 148 Å². The van der Waals surface area contributed by atoms with Crippen molar-refractivity contribution in [1.29, 1.82) is 0 Å². The highest BCUT2D eigenvalue weighted by atomic mass is 16.5. The maximum Gasteiger partial charge on any atom is 0.306 e. The number of allylic oxidation sites excluding steroid dienone is 5. The summed E-state index contributed by atoms with van der Waals surface area (Å²) < 4.78 is 5.73. The minimum absolute atomic E-state index is 0.0901. The predicted octanol–water partition coefficient (Wildman–Crippen LogP) is 9.49. The Balaban J connectivity index is 3.84. The van der Waals surface area contributed by atoms with E-state index in [9.17, 15) is 9.59 Å². The van der Waals surface area contributed by atoms with Gasteiger partial charge in [0.25, 0.3) is 0 Å². The van der Waals surface area contributed by atoms with Gasteiger partial charge in [-0.05, 0) is 70.3 Å². The van der Waals surface area contributed by atoms with Crippen molar-refractivity contribution in [2.75, 3.05) is 0 Å². The lowest BCUT2D eigenvalue weighted by molar-refractivity contribution is -0.147. The SMILES string of the molecule is CCC/C=C\C(CCCCCCC(=O)O)OC(=O)CCCCCCC/C=C\C/C=C\CCCCC. The van der Waals surface area contributed by atoms with Crippen LogP contribution in [0.2, 0.25) is 0 Å². The normalized spacial score (nSPS) is 12.7. The molecule has 0 aliphatic carbocycles. The molecular weight excluding hydrogens is 436 g/mol. The van der Waals surface area contributed by atoms with Crippen molar-refractivity contribution >= 4 is 11.9 Å². The fourth-order valence-corrected chi connectivity index (χ4v) is 3.89. The van der Waals surface area contributed by atoms with Crippen molar-refractivity contribution in [1.82, 2.24) is 0 Å². The van der Waals surface area contributed by atoms with E-state index in [1.165, 1.54) is 44.9 Å². The Kier molecular flexibility index (Phi) is 25.4. The largest absolute Gasteiger partial charge is 0.481 e. The molecule has 4 heteroatoms. The average Bonchev–Trinajstić information content (AvgIpc) is 2.83. The number of esters is 1. The smallest absolute Gasteiger partial charge is 0.306 e. The second kappa shape index (κ2) is 26.8. The van der Waals surface area contributed by atoms with Crippen LogP contribution in [0.15, 0.2) is 36.5 Å². The second-order valence-electron chi connectivity index (χ2n) is 9.57. The van der Waals surface area contributed by atoms with E-state index in [0.29, 0.717) is 6.42 Å². The van der Waals surface area contributed by atoms with E-state index < -0.39 is 5.97 Å². The first kappa shape index (κ1) is 33.2. The minimum Gasteiger partial charge on any atom is -0.481 e. The zero-order valence-electron chi connectivity index (χ0n) is 22.9. The van der Waals surface area contributed by atoms with Gasteiger partial charge in [-0.15, -0.1) is 0 Å². The first-order valence-electron chi connectivity index (χ1n) is 14.5. The fraction of sp³-hybridized carbons (Fsp3) is 0.742. The average molecular weight is 491 g/mol. The van der Waals surface area contributed by atoms with E-state index in [2.05, 4.69) is 44.2 Å². The van der Waals surface area contributed by atoms with Gasteiger partial charge in [0.15, 0.2) is 0 Å².